The number of aryl methyl sites for hydroxylation is 1. The minimum absolute atomic E-state index is 0.0715. The summed E-state index contributed by atoms with van der Waals surface area (Å²) in [4.78, 5) is 30.8. The molecule has 2 aromatic rings. The number of hydroxylamine groups is 2. The molecule has 2 aromatic carbocycles. The number of aromatic carboxylic acids is 1. The minimum atomic E-state index is -0.926. The van der Waals surface area contributed by atoms with E-state index >= 15 is 0 Å². The van der Waals surface area contributed by atoms with Crippen molar-refractivity contribution in [1.82, 2.24) is 5.06 Å². The molecule has 3 rings (SSSR count). The number of rotatable bonds is 5. The van der Waals surface area contributed by atoms with Crippen molar-refractivity contribution in [1.29, 1.82) is 0 Å². The zero-order chi connectivity index (χ0) is 18.0. The second-order valence-corrected chi connectivity index (χ2v) is 6.15. The molecule has 0 saturated carbocycles. The molecule has 1 saturated heterocycles. The molecule has 25 heavy (non-hydrogen) atoms. The predicted octanol–water partition coefficient (Wildman–Crippen LogP) is 2.59. The summed E-state index contributed by atoms with van der Waals surface area (Å²) in [7, 11) is 1.74. The minimum Gasteiger partial charge on any atom is -0.478 e. The van der Waals surface area contributed by atoms with Crippen LogP contribution >= 0.6 is 0 Å². The number of carbonyl (C=O) groups is 2. The van der Waals surface area contributed by atoms with Crippen molar-refractivity contribution in [2.75, 3.05) is 25.0 Å². The zero-order valence-corrected chi connectivity index (χ0v) is 14.2. The first-order valence-electron chi connectivity index (χ1n) is 8.05. The van der Waals surface area contributed by atoms with E-state index in [0.29, 0.717) is 24.2 Å². The SMILES string of the molecule is Cc1ccc(N2CC(N(C)OC(=O)c3ccccc3)C2)cc1C(=O)O. The molecule has 1 heterocycles. The highest BCUT2D eigenvalue weighted by molar-refractivity contribution is 5.90. The Bertz CT molecular complexity index is 785. The Kier molecular flexibility index (Phi) is 4.72. The number of carboxylic acids is 1. The summed E-state index contributed by atoms with van der Waals surface area (Å²) < 4.78 is 0. The second kappa shape index (κ2) is 6.94. The molecule has 130 valence electrons. The van der Waals surface area contributed by atoms with Crippen LogP contribution in [-0.4, -0.2) is 48.3 Å². The van der Waals surface area contributed by atoms with E-state index in [-0.39, 0.29) is 12.0 Å². The van der Waals surface area contributed by atoms with Gasteiger partial charge in [-0.3, -0.25) is 0 Å². The lowest BCUT2D eigenvalue weighted by atomic mass is 10.0. The summed E-state index contributed by atoms with van der Waals surface area (Å²) in [5.41, 5.74) is 2.42. The molecule has 6 nitrogen and oxygen atoms in total. The molecule has 1 N–H and O–H groups in total. The Morgan fingerprint density at radius 1 is 1.16 bits per heavy atom. The van der Waals surface area contributed by atoms with Gasteiger partial charge >= 0.3 is 11.9 Å². The Balaban J connectivity index is 1.58. The van der Waals surface area contributed by atoms with Crippen molar-refractivity contribution in [3.05, 3.63) is 65.2 Å². The van der Waals surface area contributed by atoms with Gasteiger partial charge in [-0.05, 0) is 36.8 Å². The Morgan fingerprint density at radius 3 is 2.48 bits per heavy atom. The van der Waals surface area contributed by atoms with Gasteiger partial charge in [0.05, 0.1) is 17.2 Å². The third-order valence-electron chi connectivity index (χ3n) is 4.43. The molecule has 0 aliphatic carbocycles. The number of carboxylic acid groups (broad SMARTS) is 1. The maximum Gasteiger partial charge on any atom is 0.357 e. The van der Waals surface area contributed by atoms with Crippen LogP contribution in [0.4, 0.5) is 5.69 Å². The Hall–Kier alpha value is -2.86. The third kappa shape index (κ3) is 3.64. The van der Waals surface area contributed by atoms with Gasteiger partial charge in [0.1, 0.15) is 0 Å². The van der Waals surface area contributed by atoms with Crippen LogP contribution in [0.25, 0.3) is 0 Å². The Labute approximate surface area is 146 Å². The van der Waals surface area contributed by atoms with Gasteiger partial charge in [-0.2, -0.15) is 0 Å². The van der Waals surface area contributed by atoms with Gasteiger partial charge in [-0.1, -0.05) is 24.3 Å². The normalized spacial score (nSPS) is 14.3. The number of nitrogens with zero attached hydrogens (tertiary/aromatic N) is 2. The molecule has 1 fully saturated rings. The standard InChI is InChI=1S/C19H20N2O4/c1-13-8-9-15(10-17(13)18(22)23)21-11-16(12-21)20(2)25-19(24)14-6-4-3-5-7-14/h3-10,16H,11-12H2,1-2H3,(H,22,23). The van der Waals surface area contributed by atoms with Crippen LogP contribution in [0.2, 0.25) is 0 Å². The lowest BCUT2D eigenvalue weighted by molar-refractivity contribution is -0.124. The van der Waals surface area contributed by atoms with Gasteiger partial charge in [0.15, 0.2) is 0 Å². The fraction of sp³-hybridized carbons (Fsp3) is 0.263. The highest BCUT2D eigenvalue weighted by Crippen LogP contribution is 2.26. The average molecular weight is 340 g/mol. The number of hydrogen-bond donors (Lipinski definition) is 1. The second-order valence-electron chi connectivity index (χ2n) is 6.15. The molecule has 1 aliphatic heterocycles. The van der Waals surface area contributed by atoms with E-state index in [1.54, 1.807) is 49.4 Å². The monoisotopic (exact) mass is 340 g/mol. The van der Waals surface area contributed by atoms with Gasteiger partial charge in [-0.25, -0.2) is 9.59 Å². The maximum absolute atomic E-state index is 12.1. The summed E-state index contributed by atoms with van der Waals surface area (Å²) >= 11 is 0. The van der Waals surface area contributed by atoms with E-state index in [1.165, 1.54) is 0 Å². The summed E-state index contributed by atoms with van der Waals surface area (Å²) in [6.07, 6.45) is 0. The fourth-order valence-electron chi connectivity index (χ4n) is 2.77. The number of benzene rings is 2. The van der Waals surface area contributed by atoms with E-state index in [9.17, 15) is 14.7 Å². The van der Waals surface area contributed by atoms with Crippen LogP contribution < -0.4 is 4.90 Å². The van der Waals surface area contributed by atoms with E-state index < -0.39 is 5.97 Å². The number of anilines is 1. The van der Waals surface area contributed by atoms with E-state index in [1.807, 2.05) is 18.2 Å². The number of carbonyl (C=O) groups excluding carboxylic acids is 1. The molecule has 0 unspecified atom stereocenters. The van der Waals surface area contributed by atoms with Gasteiger partial charge in [0, 0.05) is 25.8 Å². The molecule has 0 radical (unpaired) electrons. The summed E-state index contributed by atoms with van der Waals surface area (Å²) in [5, 5.41) is 10.8. The first kappa shape index (κ1) is 17.0. The number of hydrogen-bond acceptors (Lipinski definition) is 5. The zero-order valence-electron chi connectivity index (χ0n) is 14.2. The van der Waals surface area contributed by atoms with Gasteiger partial charge in [0.2, 0.25) is 0 Å². The van der Waals surface area contributed by atoms with Gasteiger partial charge in [0.25, 0.3) is 0 Å². The van der Waals surface area contributed by atoms with E-state index in [4.69, 9.17) is 4.84 Å². The summed E-state index contributed by atoms with van der Waals surface area (Å²) in [5.74, 6) is -1.31. The van der Waals surface area contributed by atoms with Crippen LogP contribution in [0.1, 0.15) is 26.3 Å². The lowest BCUT2D eigenvalue weighted by Crippen LogP contribution is -2.58. The Morgan fingerprint density at radius 2 is 1.84 bits per heavy atom. The van der Waals surface area contributed by atoms with E-state index in [0.717, 1.165) is 11.3 Å². The van der Waals surface area contributed by atoms with Crippen LogP contribution in [0.3, 0.4) is 0 Å². The topological polar surface area (TPSA) is 70.1 Å². The maximum atomic E-state index is 12.1. The first-order chi connectivity index (χ1) is 12.0. The quantitative estimate of drug-likeness (QED) is 0.844. The molecule has 0 atom stereocenters. The van der Waals surface area contributed by atoms with Crippen LogP contribution in [-0.2, 0) is 4.84 Å². The lowest BCUT2D eigenvalue weighted by Gasteiger charge is -2.44. The average Bonchev–Trinajstić information content (AvgIpc) is 2.55. The highest BCUT2D eigenvalue weighted by atomic mass is 16.7. The molecule has 0 aromatic heterocycles. The van der Waals surface area contributed by atoms with Crippen molar-refractivity contribution in [2.45, 2.75) is 13.0 Å². The van der Waals surface area contributed by atoms with E-state index in [2.05, 4.69) is 4.90 Å². The van der Waals surface area contributed by atoms with Crippen molar-refractivity contribution in [3.8, 4) is 0 Å². The van der Waals surface area contributed by atoms with Gasteiger partial charge < -0.3 is 14.8 Å². The van der Waals surface area contributed by atoms with Crippen LogP contribution in [0.5, 0.6) is 0 Å². The smallest absolute Gasteiger partial charge is 0.357 e. The molecule has 0 bridgehead atoms. The van der Waals surface area contributed by atoms with Crippen LogP contribution in [0, 0.1) is 6.92 Å². The first-order valence-corrected chi connectivity index (χ1v) is 8.05. The number of likely N-dealkylation sites (N-methyl/N-ethyl adjacent to an activating group) is 1. The van der Waals surface area contributed by atoms with Gasteiger partial charge in [-0.15, -0.1) is 5.06 Å². The molecule has 0 spiro atoms. The van der Waals surface area contributed by atoms with Crippen molar-refractivity contribution < 1.29 is 19.5 Å². The highest BCUT2D eigenvalue weighted by Gasteiger charge is 2.33. The van der Waals surface area contributed by atoms with Crippen molar-refractivity contribution in [3.63, 3.8) is 0 Å². The molecular weight excluding hydrogens is 320 g/mol. The predicted molar refractivity (Wildman–Crippen MR) is 93.8 cm³/mol. The molecule has 1 aliphatic rings. The molecular formula is C19H20N2O4. The fourth-order valence-corrected chi connectivity index (χ4v) is 2.77. The summed E-state index contributed by atoms with van der Waals surface area (Å²) in [6.45, 7) is 3.12. The molecule has 0 amide bonds. The largest absolute Gasteiger partial charge is 0.478 e. The van der Waals surface area contributed by atoms with Crippen molar-refractivity contribution in [2.24, 2.45) is 0 Å². The van der Waals surface area contributed by atoms with Crippen LogP contribution in [0.15, 0.2) is 48.5 Å². The third-order valence-corrected chi connectivity index (χ3v) is 4.43. The summed E-state index contributed by atoms with van der Waals surface area (Å²) in [6, 6.07) is 14.3. The molecule has 6 heteroatoms. The van der Waals surface area contributed by atoms with Crippen molar-refractivity contribution >= 4 is 17.6 Å².